The Morgan fingerprint density at radius 3 is 2.71 bits per heavy atom. The third-order valence-corrected chi connectivity index (χ3v) is 2.09. The fraction of sp³-hybridized carbons (Fsp3) is 0.600. The highest BCUT2D eigenvalue weighted by atomic mass is 32.2. The van der Waals surface area contributed by atoms with Gasteiger partial charge in [-0.1, -0.05) is 11.8 Å². The third kappa shape index (κ3) is 4.07. The molecule has 0 bridgehead atoms. The van der Waals surface area contributed by atoms with Crippen molar-refractivity contribution < 1.29 is 4.74 Å². The molecule has 78 valence electrons. The Labute approximate surface area is 89.3 Å². The van der Waals surface area contributed by atoms with Crippen LogP contribution in [0.1, 0.15) is 26.5 Å². The van der Waals surface area contributed by atoms with Gasteiger partial charge in [0.25, 0.3) is 0 Å². The lowest BCUT2D eigenvalue weighted by atomic mass is 10.2. The molecular formula is C10H16N2OS. The summed E-state index contributed by atoms with van der Waals surface area (Å²) in [6.07, 6.45) is 3.73. The van der Waals surface area contributed by atoms with Gasteiger partial charge in [0.2, 0.25) is 0 Å². The average molecular weight is 212 g/mol. The van der Waals surface area contributed by atoms with Crippen molar-refractivity contribution in [1.29, 1.82) is 0 Å². The SMILES string of the molecule is CSc1nccc(COC(C)(C)C)n1. The molecule has 0 amide bonds. The Kier molecular flexibility index (Phi) is 3.89. The molecule has 0 aliphatic rings. The van der Waals surface area contributed by atoms with Gasteiger partial charge in [0.1, 0.15) is 0 Å². The first-order valence-corrected chi connectivity index (χ1v) is 5.73. The van der Waals surface area contributed by atoms with Crippen LogP contribution in [-0.4, -0.2) is 21.8 Å². The highest BCUT2D eigenvalue weighted by molar-refractivity contribution is 7.98. The van der Waals surface area contributed by atoms with Crippen LogP contribution in [0.5, 0.6) is 0 Å². The summed E-state index contributed by atoms with van der Waals surface area (Å²) in [6.45, 7) is 6.64. The minimum Gasteiger partial charge on any atom is -0.370 e. The molecule has 3 nitrogen and oxygen atoms in total. The molecular weight excluding hydrogens is 196 g/mol. The van der Waals surface area contributed by atoms with Crippen molar-refractivity contribution in [1.82, 2.24) is 9.97 Å². The smallest absolute Gasteiger partial charge is 0.187 e. The van der Waals surface area contributed by atoms with Crippen LogP contribution < -0.4 is 0 Å². The molecule has 4 heteroatoms. The standard InChI is InChI=1S/C10H16N2OS/c1-10(2,3)13-7-8-5-6-11-9(12-8)14-4/h5-6H,7H2,1-4H3. The highest BCUT2D eigenvalue weighted by Gasteiger charge is 2.10. The lowest BCUT2D eigenvalue weighted by Crippen LogP contribution is -2.19. The zero-order valence-corrected chi connectivity index (χ0v) is 9.89. The molecule has 0 atom stereocenters. The largest absolute Gasteiger partial charge is 0.370 e. The van der Waals surface area contributed by atoms with Crippen molar-refractivity contribution >= 4 is 11.8 Å². The lowest BCUT2D eigenvalue weighted by molar-refractivity contribution is -0.0167. The molecule has 0 saturated heterocycles. The summed E-state index contributed by atoms with van der Waals surface area (Å²) < 4.78 is 5.62. The summed E-state index contributed by atoms with van der Waals surface area (Å²) >= 11 is 1.54. The molecule has 0 unspecified atom stereocenters. The summed E-state index contributed by atoms with van der Waals surface area (Å²) in [5.74, 6) is 0. The number of rotatable bonds is 3. The van der Waals surface area contributed by atoms with Crippen molar-refractivity contribution in [2.75, 3.05) is 6.26 Å². The van der Waals surface area contributed by atoms with Gasteiger partial charge in [0.15, 0.2) is 5.16 Å². The quantitative estimate of drug-likeness (QED) is 0.569. The van der Waals surface area contributed by atoms with Gasteiger partial charge in [0.05, 0.1) is 17.9 Å². The van der Waals surface area contributed by atoms with Crippen LogP contribution in [0.2, 0.25) is 0 Å². The predicted octanol–water partition coefficient (Wildman–Crippen LogP) is 2.51. The first-order chi connectivity index (χ1) is 6.51. The van der Waals surface area contributed by atoms with Gasteiger partial charge < -0.3 is 4.74 Å². The Morgan fingerprint density at radius 1 is 1.43 bits per heavy atom. The zero-order valence-electron chi connectivity index (χ0n) is 9.07. The van der Waals surface area contributed by atoms with Crippen LogP contribution in [0.4, 0.5) is 0 Å². The van der Waals surface area contributed by atoms with Crippen LogP contribution in [0.25, 0.3) is 0 Å². The van der Waals surface area contributed by atoms with Crippen LogP contribution in [0.3, 0.4) is 0 Å². The molecule has 1 aromatic heterocycles. The predicted molar refractivity (Wildman–Crippen MR) is 58.4 cm³/mol. The van der Waals surface area contributed by atoms with Crippen LogP contribution in [0, 0.1) is 0 Å². The molecule has 0 N–H and O–H groups in total. The second-order valence-corrected chi connectivity index (χ2v) is 4.71. The van der Waals surface area contributed by atoms with E-state index in [1.807, 2.05) is 33.1 Å². The molecule has 0 saturated carbocycles. The number of hydrogen-bond acceptors (Lipinski definition) is 4. The Bertz CT molecular complexity index is 296. The molecule has 1 rings (SSSR count). The Morgan fingerprint density at radius 2 is 2.14 bits per heavy atom. The maximum Gasteiger partial charge on any atom is 0.187 e. The van der Waals surface area contributed by atoms with Gasteiger partial charge in [-0.05, 0) is 33.1 Å². The first-order valence-electron chi connectivity index (χ1n) is 4.51. The van der Waals surface area contributed by atoms with Crippen molar-refractivity contribution in [3.63, 3.8) is 0 Å². The minimum atomic E-state index is -0.121. The van der Waals surface area contributed by atoms with Crippen molar-refractivity contribution in [3.05, 3.63) is 18.0 Å². The normalized spacial score (nSPS) is 11.7. The second kappa shape index (κ2) is 4.75. The van der Waals surface area contributed by atoms with E-state index >= 15 is 0 Å². The van der Waals surface area contributed by atoms with E-state index in [-0.39, 0.29) is 5.60 Å². The number of nitrogens with zero attached hydrogens (tertiary/aromatic N) is 2. The Balaban J connectivity index is 2.59. The van der Waals surface area contributed by atoms with E-state index in [1.165, 1.54) is 11.8 Å². The van der Waals surface area contributed by atoms with Gasteiger partial charge in [0, 0.05) is 6.20 Å². The van der Waals surface area contributed by atoms with Crippen LogP contribution >= 0.6 is 11.8 Å². The van der Waals surface area contributed by atoms with E-state index in [1.54, 1.807) is 6.20 Å². The third-order valence-electron chi connectivity index (χ3n) is 1.53. The molecule has 0 spiro atoms. The molecule has 0 radical (unpaired) electrons. The first kappa shape index (κ1) is 11.5. The summed E-state index contributed by atoms with van der Waals surface area (Å²) in [5, 5.41) is 0.792. The topological polar surface area (TPSA) is 35.0 Å². The minimum absolute atomic E-state index is 0.121. The van der Waals surface area contributed by atoms with E-state index in [0.29, 0.717) is 6.61 Å². The number of ether oxygens (including phenoxy) is 1. The summed E-state index contributed by atoms with van der Waals surface area (Å²) in [4.78, 5) is 8.42. The molecule has 0 aliphatic heterocycles. The summed E-state index contributed by atoms with van der Waals surface area (Å²) in [6, 6.07) is 1.88. The maximum atomic E-state index is 5.62. The van der Waals surface area contributed by atoms with E-state index < -0.39 is 0 Å². The number of hydrogen-bond donors (Lipinski definition) is 0. The summed E-state index contributed by atoms with van der Waals surface area (Å²) in [5.41, 5.74) is 0.809. The van der Waals surface area contributed by atoms with Crippen LogP contribution in [0.15, 0.2) is 17.4 Å². The molecule has 0 aromatic carbocycles. The number of aromatic nitrogens is 2. The van der Waals surface area contributed by atoms with E-state index in [2.05, 4.69) is 9.97 Å². The fourth-order valence-electron chi connectivity index (χ4n) is 0.845. The molecule has 14 heavy (non-hydrogen) atoms. The maximum absolute atomic E-state index is 5.62. The second-order valence-electron chi connectivity index (χ2n) is 3.94. The van der Waals surface area contributed by atoms with Crippen molar-refractivity contribution in [2.24, 2.45) is 0 Å². The summed E-state index contributed by atoms with van der Waals surface area (Å²) in [7, 11) is 0. The molecule has 0 aliphatic carbocycles. The van der Waals surface area contributed by atoms with Crippen LogP contribution in [-0.2, 0) is 11.3 Å². The van der Waals surface area contributed by atoms with Gasteiger partial charge in [-0.15, -0.1) is 0 Å². The van der Waals surface area contributed by atoms with E-state index in [9.17, 15) is 0 Å². The van der Waals surface area contributed by atoms with Gasteiger partial charge >= 0.3 is 0 Å². The highest BCUT2D eigenvalue weighted by Crippen LogP contribution is 2.12. The zero-order chi connectivity index (χ0) is 10.6. The van der Waals surface area contributed by atoms with E-state index in [4.69, 9.17) is 4.74 Å². The van der Waals surface area contributed by atoms with Crippen molar-refractivity contribution in [3.8, 4) is 0 Å². The average Bonchev–Trinajstić information content (AvgIpc) is 2.14. The van der Waals surface area contributed by atoms with Crippen molar-refractivity contribution in [2.45, 2.75) is 38.1 Å². The monoisotopic (exact) mass is 212 g/mol. The fourth-order valence-corrected chi connectivity index (χ4v) is 1.22. The Hall–Kier alpha value is -0.610. The van der Waals surface area contributed by atoms with E-state index in [0.717, 1.165) is 10.9 Å². The lowest BCUT2D eigenvalue weighted by Gasteiger charge is -2.19. The van der Waals surface area contributed by atoms with Gasteiger partial charge in [-0.3, -0.25) is 0 Å². The van der Waals surface area contributed by atoms with Gasteiger partial charge in [-0.2, -0.15) is 0 Å². The molecule has 1 heterocycles. The molecule has 0 fully saturated rings. The van der Waals surface area contributed by atoms with Gasteiger partial charge in [-0.25, -0.2) is 9.97 Å². The number of thioether (sulfide) groups is 1. The molecule has 1 aromatic rings.